The molecule has 2 aromatic rings. The van der Waals surface area contributed by atoms with E-state index in [1.807, 2.05) is 6.07 Å². The zero-order valence-electron chi connectivity index (χ0n) is 6.96. The summed E-state index contributed by atoms with van der Waals surface area (Å²) in [5.41, 5.74) is 6.20. The SMILES string of the molecule is NCc1coc(-c2cc(Br)c(Br)s2)n1. The van der Waals surface area contributed by atoms with Crippen molar-refractivity contribution in [1.29, 1.82) is 0 Å². The minimum absolute atomic E-state index is 0.400. The van der Waals surface area contributed by atoms with Gasteiger partial charge in [0, 0.05) is 11.0 Å². The Labute approximate surface area is 102 Å². The molecule has 0 bridgehead atoms. The van der Waals surface area contributed by atoms with Crippen LogP contribution in [0.2, 0.25) is 0 Å². The molecule has 74 valence electrons. The van der Waals surface area contributed by atoms with Crippen LogP contribution < -0.4 is 5.73 Å². The maximum Gasteiger partial charge on any atom is 0.236 e. The van der Waals surface area contributed by atoms with Gasteiger partial charge in [-0.15, -0.1) is 11.3 Å². The summed E-state index contributed by atoms with van der Waals surface area (Å²) in [6.45, 7) is 0.400. The molecule has 0 aliphatic carbocycles. The van der Waals surface area contributed by atoms with E-state index in [2.05, 4.69) is 36.8 Å². The van der Waals surface area contributed by atoms with Crippen molar-refractivity contribution in [2.24, 2.45) is 5.73 Å². The molecule has 0 saturated carbocycles. The van der Waals surface area contributed by atoms with Crippen LogP contribution >= 0.6 is 43.2 Å². The Bertz CT molecular complexity index is 432. The molecule has 6 heteroatoms. The lowest BCUT2D eigenvalue weighted by Crippen LogP contribution is -1.95. The standard InChI is InChI=1S/C8H6Br2N2OS/c9-5-1-6(14-7(5)10)8-12-4(2-11)3-13-8/h1,3H,2,11H2. The van der Waals surface area contributed by atoms with E-state index >= 15 is 0 Å². The van der Waals surface area contributed by atoms with Gasteiger partial charge in [-0.2, -0.15) is 0 Å². The zero-order valence-corrected chi connectivity index (χ0v) is 10.9. The summed E-state index contributed by atoms with van der Waals surface area (Å²) in [5, 5.41) is 0. The number of oxazole rings is 1. The fourth-order valence-electron chi connectivity index (χ4n) is 0.966. The van der Waals surface area contributed by atoms with Crippen molar-refractivity contribution in [2.75, 3.05) is 0 Å². The molecule has 0 amide bonds. The van der Waals surface area contributed by atoms with E-state index in [-0.39, 0.29) is 0 Å². The molecule has 0 aliphatic heterocycles. The monoisotopic (exact) mass is 336 g/mol. The van der Waals surface area contributed by atoms with Crippen LogP contribution in [0.4, 0.5) is 0 Å². The Kier molecular flexibility index (Phi) is 3.06. The first-order chi connectivity index (χ1) is 6.70. The van der Waals surface area contributed by atoms with Crippen LogP contribution in [-0.2, 0) is 6.54 Å². The lowest BCUT2D eigenvalue weighted by atomic mass is 10.4. The first-order valence-electron chi connectivity index (χ1n) is 3.80. The number of nitrogens with zero attached hydrogens (tertiary/aromatic N) is 1. The molecule has 0 aromatic carbocycles. The molecule has 0 radical (unpaired) electrons. The second kappa shape index (κ2) is 4.14. The Morgan fingerprint density at radius 1 is 1.50 bits per heavy atom. The molecular weight excluding hydrogens is 332 g/mol. The molecular formula is C8H6Br2N2OS. The molecule has 2 aromatic heterocycles. The molecule has 0 atom stereocenters. The van der Waals surface area contributed by atoms with Gasteiger partial charge in [0.15, 0.2) is 0 Å². The summed E-state index contributed by atoms with van der Waals surface area (Å²) in [4.78, 5) is 5.21. The predicted molar refractivity (Wildman–Crippen MR) is 63.1 cm³/mol. The van der Waals surface area contributed by atoms with Gasteiger partial charge in [0.2, 0.25) is 5.89 Å². The van der Waals surface area contributed by atoms with Gasteiger partial charge < -0.3 is 10.2 Å². The first kappa shape index (κ1) is 10.4. The van der Waals surface area contributed by atoms with Crippen LogP contribution in [-0.4, -0.2) is 4.98 Å². The van der Waals surface area contributed by atoms with E-state index in [4.69, 9.17) is 10.2 Å². The van der Waals surface area contributed by atoms with Crippen molar-refractivity contribution < 1.29 is 4.42 Å². The van der Waals surface area contributed by atoms with E-state index < -0.39 is 0 Å². The van der Waals surface area contributed by atoms with E-state index in [0.29, 0.717) is 12.4 Å². The van der Waals surface area contributed by atoms with Crippen LogP contribution in [0.3, 0.4) is 0 Å². The summed E-state index contributed by atoms with van der Waals surface area (Å²) in [6.07, 6.45) is 1.58. The fraction of sp³-hybridized carbons (Fsp3) is 0.125. The van der Waals surface area contributed by atoms with E-state index in [1.54, 1.807) is 17.6 Å². The van der Waals surface area contributed by atoms with Gasteiger partial charge in [0.25, 0.3) is 0 Å². The highest BCUT2D eigenvalue weighted by molar-refractivity contribution is 9.13. The van der Waals surface area contributed by atoms with Crippen LogP contribution in [0.1, 0.15) is 5.69 Å². The average Bonchev–Trinajstić information content (AvgIpc) is 2.74. The van der Waals surface area contributed by atoms with E-state index in [0.717, 1.165) is 18.8 Å². The minimum Gasteiger partial charge on any atom is -0.444 e. The maximum atomic E-state index is 5.44. The van der Waals surface area contributed by atoms with Crippen molar-refractivity contribution in [2.45, 2.75) is 6.54 Å². The summed E-state index contributed by atoms with van der Waals surface area (Å²) >= 11 is 8.39. The highest BCUT2D eigenvalue weighted by Gasteiger charge is 2.11. The Morgan fingerprint density at radius 2 is 2.29 bits per heavy atom. The number of hydrogen-bond acceptors (Lipinski definition) is 4. The average molecular weight is 338 g/mol. The summed E-state index contributed by atoms with van der Waals surface area (Å²) in [6, 6.07) is 1.96. The lowest BCUT2D eigenvalue weighted by Gasteiger charge is -1.85. The predicted octanol–water partition coefficient (Wildman–Crippen LogP) is 3.39. The lowest BCUT2D eigenvalue weighted by molar-refractivity contribution is 0.574. The number of halogens is 2. The van der Waals surface area contributed by atoms with E-state index in [1.165, 1.54) is 0 Å². The number of hydrogen-bond donors (Lipinski definition) is 1. The topological polar surface area (TPSA) is 52.0 Å². The largest absolute Gasteiger partial charge is 0.444 e. The quantitative estimate of drug-likeness (QED) is 0.913. The molecule has 0 spiro atoms. The fourth-order valence-corrected chi connectivity index (χ4v) is 2.93. The van der Waals surface area contributed by atoms with Crippen LogP contribution in [0, 0.1) is 0 Å². The van der Waals surface area contributed by atoms with Crippen LogP contribution in [0.15, 0.2) is 25.0 Å². The molecule has 0 saturated heterocycles. The summed E-state index contributed by atoms with van der Waals surface area (Å²) < 4.78 is 7.32. The molecule has 0 aliphatic rings. The second-order valence-corrected chi connectivity index (χ2v) is 5.80. The summed E-state index contributed by atoms with van der Waals surface area (Å²) in [5.74, 6) is 0.613. The molecule has 2 N–H and O–H groups in total. The van der Waals surface area contributed by atoms with Gasteiger partial charge in [-0.25, -0.2) is 4.98 Å². The third-order valence-electron chi connectivity index (χ3n) is 1.62. The van der Waals surface area contributed by atoms with Crippen molar-refractivity contribution in [3.05, 3.63) is 26.3 Å². The maximum absolute atomic E-state index is 5.44. The molecule has 2 heterocycles. The van der Waals surface area contributed by atoms with Crippen LogP contribution in [0.5, 0.6) is 0 Å². The van der Waals surface area contributed by atoms with Gasteiger partial charge in [0.05, 0.1) is 14.4 Å². The summed E-state index contributed by atoms with van der Waals surface area (Å²) in [7, 11) is 0. The van der Waals surface area contributed by atoms with Gasteiger partial charge in [-0.1, -0.05) is 0 Å². The van der Waals surface area contributed by atoms with Crippen molar-refractivity contribution in [1.82, 2.24) is 4.98 Å². The second-order valence-electron chi connectivity index (χ2n) is 2.58. The Hall–Kier alpha value is -0.170. The first-order valence-corrected chi connectivity index (χ1v) is 6.20. The van der Waals surface area contributed by atoms with Gasteiger partial charge in [-0.3, -0.25) is 0 Å². The molecule has 0 unspecified atom stereocenters. The smallest absolute Gasteiger partial charge is 0.236 e. The third-order valence-corrected chi connectivity index (χ3v) is 4.86. The van der Waals surface area contributed by atoms with E-state index in [9.17, 15) is 0 Å². The number of nitrogens with two attached hydrogens (primary N) is 1. The van der Waals surface area contributed by atoms with Crippen molar-refractivity contribution in [3.63, 3.8) is 0 Å². The van der Waals surface area contributed by atoms with Crippen molar-refractivity contribution in [3.8, 4) is 10.8 Å². The van der Waals surface area contributed by atoms with Gasteiger partial charge in [-0.05, 0) is 37.9 Å². The Balaban J connectivity index is 2.39. The molecule has 14 heavy (non-hydrogen) atoms. The normalized spacial score (nSPS) is 10.8. The van der Waals surface area contributed by atoms with Gasteiger partial charge >= 0.3 is 0 Å². The highest BCUT2D eigenvalue weighted by atomic mass is 79.9. The van der Waals surface area contributed by atoms with Crippen molar-refractivity contribution >= 4 is 43.2 Å². The number of thiophene rings is 1. The molecule has 0 fully saturated rings. The number of aromatic nitrogens is 1. The Morgan fingerprint density at radius 3 is 2.79 bits per heavy atom. The number of rotatable bonds is 2. The highest BCUT2D eigenvalue weighted by Crippen LogP contribution is 2.37. The molecule has 2 rings (SSSR count). The molecule has 3 nitrogen and oxygen atoms in total. The minimum atomic E-state index is 0.400. The van der Waals surface area contributed by atoms with Gasteiger partial charge in [0.1, 0.15) is 6.26 Å². The third kappa shape index (κ3) is 1.93. The van der Waals surface area contributed by atoms with Crippen LogP contribution in [0.25, 0.3) is 10.8 Å². The zero-order chi connectivity index (χ0) is 10.1.